The van der Waals surface area contributed by atoms with Crippen LogP contribution in [0.4, 0.5) is 4.79 Å². The average molecular weight is 348 g/mol. The number of carbonyl (C=O) groups is 2. The molecule has 2 amide bonds. The number of primary amides is 1. The fraction of sp³-hybridized carbons (Fsp3) is 0.438. The van der Waals surface area contributed by atoms with Gasteiger partial charge in [0, 0.05) is 0 Å². The molecule has 0 spiro atoms. The molecule has 1 fully saturated rings. The molecule has 1 aliphatic rings. The van der Waals surface area contributed by atoms with Crippen molar-refractivity contribution < 1.29 is 14.3 Å². The number of benzene rings is 1. The number of amides is 2. The Hall–Kier alpha value is -2.19. The number of rotatable bonds is 5. The van der Waals surface area contributed by atoms with Crippen LogP contribution >= 0.6 is 11.3 Å². The summed E-state index contributed by atoms with van der Waals surface area (Å²) < 4.78 is 5.94. The molecule has 2 heterocycles. The van der Waals surface area contributed by atoms with E-state index in [1.54, 1.807) is 11.3 Å². The normalized spacial score (nSPS) is 16.7. The number of aromatic nitrogens is 1. The predicted octanol–water partition coefficient (Wildman–Crippen LogP) is 1.55. The van der Waals surface area contributed by atoms with Crippen molar-refractivity contribution in [2.24, 2.45) is 11.7 Å². The van der Waals surface area contributed by atoms with Gasteiger partial charge in [-0.15, -0.1) is 11.3 Å². The van der Waals surface area contributed by atoms with Crippen LogP contribution in [0.2, 0.25) is 0 Å². The highest BCUT2D eigenvalue weighted by molar-refractivity contribution is 7.18. The zero-order valence-corrected chi connectivity index (χ0v) is 14.0. The molecule has 0 saturated carbocycles. The molecule has 8 heteroatoms. The van der Waals surface area contributed by atoms with E-state index in [2.05, 4.69) is 15.6 Å². The van der Waals surface area contributed by atoms with Crippen molar-refractivity contribution in [3.8, 4) is 0 Å². The summed E-state index contributed by atoms with van der Waals surface area (Å²) in [7, 11) is 0. The number of nitrogens with zero attached hydrogens (tertiary/aromatic N) is 1. The van der Waals surface area contributed by atoms with Crippen LogP contribution in [0.1, 0.15) is 23.9 Å². The van der Waals surface area contributed by atoms with Gasteiger partial charge in [-0.2, -0.15) is 0 Å². The van der Waals surface area contributed by atoms with Gasteiger partial charge in [-0.1, -0.05) is 12.1 Å². The first-order chi connectivity index (χ1) is 11.6. The second-order valence-electron chi connectivity index (χ2n) is 5.77. The maximum Gasteiger partial charge on any atom is 0.408 e. The van der Waals surface area contributed by atoms with Crippen LogP contribution in [0.25, 0.3) is 10.2 Å². The highest BCUT2D eigenvalue weighted by atomic mass is 32.1. The van der Waals surface area contributed by atoms with E-state index in [0.29, 0.717) is 0 Å². The molecule has 1 unspecified atom stereocenters. The van der Waals surface area contributed by atoms with Crippen molar-refractivity contribution in [3.05, 3.63) is 29.3 Å². The minimum absolute atomic E-state index is 0.232. The van der Waals surface area contributed by atoms with Crippen LogP contribution in [0, 0.1) is 5.92 Å². The maximum atomic E-state index is 12.0. The molecule has 1 saturated heterocycles. The number of piperidine rings is 1. The van der Waals surface area contributed by atoms with Crippen molar-refractivity contribution >= 4 is 33.6 Å². The van der Waals surface area contributed by atoms with Crippen LogP contribution in [-0.2, 0) is 9.53 Å². The molecular weight excluding hydrogens is 328 g/mol. The summed E-state index contributed by atoms with van der Waals surface area (Å²) >= 11 is 1.57. The average Bonchev–Trinajstić information content (AvgIpc) is 3.02. The van der Waals surface area contributed by atoms with Gasteiger partial charge in [-0.3, -0.25) is 4.79 Å². The third-order valence-corrected chi connectivity index (χ3v) is 5.17. The maximum absolute atomic E-state index is 12.0. The molecule has 1 atom stereocenters. The van der Waals surface area contributed by atoms with Crippen molar-refractivity contribution in [1.82, 2.24) is 15.6 Å². The number of nitrogens with two attached hydrogens (primary N) is 1. The number of para-hydroxylation sites is 1. The molecule has 1 aliphatic heterocycles. The zero-order valence-electron chi connectivity index (χ0n) is 13.2. The number of ether oxygens (including phenoxy) is 1. The number of thiazole rings is 1. The van der Waals surface area contributed by atoms with E-state index in [4.69, 9.17) is 10.5 Å². The van der Waals surface area contributed by atoms with Gasteiger partial charge in [0.05, 0.1) is 16.3 Å². The standard InChI is InChI=1S/C16H20N4O3S/c17-13(21)9-23-16(22)20-14(10-5-7-18-8-6-10)15-19-11-3-1-2-4-12(11)24-15/h1-4,10,14,18H,5-9H2,(H2,17,21)(H,20,22). The molecule has 2 aromatic rings. The molecule has 24 heavy (non-hydrogen) atoms. The highest BCUT2D eigenvalue weighted by Gasteiger charge is 2.29. The van der Waals surface area contributed by atoms with Gasteiger partial charge < -0.3 is 21.1 Å². The van der Waals surface area contributed by atoms with Crippen molar-refractivity contribution in [2.75, 3.05) is 19.7 Å². The SMILES string of the molecule is NC(=O)COC(=O)NC(c1nc2ccccc2s1)C1CCNCC1. The predicted molar refractivity (Wildman–Crippen MR) is 91.6 cm³/mol. The van der Waals surface area contributed by atoms with E-state index in [-0.39, 0.29) is 12.0 Å². The molecule has 1 aromatic heterocycles. The Bertz CT molecular complexity index is 694. The number of hydrogen-bond donors (Lipinski definition) is 3. The van der Waals surface area contributed by atoms with Crippen LogP contribution in [0.3, 0.4) is 0 Å². The van der Waals surface area contributed by atoms with E-state index >= 15 is 0 Å². The number of fused-ring (bicyclic) bond motifs is 1. The van der Waals surface area contributed by atoms with Gasteiger partial charge in [0.15, 0.2) is 6.61 Å². The molecule has 1 aromatic carbocycles. The lowest BCUT2D eigenvalue weighted by Crippen LogP contribution is -2.39. The fourth-order valence-electron chi connectivity index (χ4n) is 2.89. The topological polar surface area (TPSA) is 106 Å². The van der Waals surface area contributed by atoms with Gasteiger partial charge in [0.25, 0.3) is 5.91 Å². The van der Waals surface area contributed by atoms with Gasteiger partial charge in [-0.25, -0.2) is 9.78 Å². The van der Waals surface area contributed by atoms with Gasteiger partial charge >= 0.3 is 6.09 Å². The van der Waals surface area contributed by atoms with Gasteiger partial charge in [-0.05, 0) is 44.0 Å². The molecule has 0 bridgehead atoms. The van der Waals surface area contributed by atoms with Crippen LogP contribution in [0.5, 0.6) is 0 Å². The molecule has 3 rings (SSSR count). The molecule has 4 N–H and O–H groups in total. The number of carbonyl (C=O) groups excluding carboxylic acids is 2. The van der Waals surface area contributed by atoms with Crippen molar-refractivity contribution in [3.63, 3.8) is 0 Å². The summed E-state index contributed by atoms with van der Waals surface area (Å²) in [6, 6.07) is 7.66. The Morgan fingerprint density at radius 1 is 1.38 bits per heavy atom. The first-order valence-corrected chi connectivity index (χ1v) is 8.73. The van der Waals surface area contributed by atoms with E-state index < -0.39 is 18.6 Å². The first kappa shape index (κ1) is 16.7. The number of alkyl carbamates (subject to hydrolysis) is 1. The Labute approximate surface area is 143 Å². The number of nitrogens with one attached hydrogen (secondary N) is 2. The van der Waals surface area contributed by atoms with Gasteiger partial charge in [0.2, 0.25) is 0 Å². The van der Waals surface area contributed by atoms with Gasteiger partial charge in [0.1, 0.15) is 5.01 Å². The van der Waals surface area contributed by atoms with Crippen molar-refractivity contribution in [1.29, 1.82) is 0 Å². The second kappa shape index (κ2) is 7.59. The summed E-state index contributed by atoms with van der Waals surface area (Å²) in [6.07, 6.45) is 1.24. The Balaban J connectivity index is 1.80. The second-order valence-corrected chi connectivity index (χ2v) is 6.83. The minimum atomic E-state index is -0.677. The number of hydrogen-bond acceptors (Lipinski definition) is 6. The van der Waals surface area contributed by atoms with Crippen LogP contribution in [0.15, 0.2) is 24.3 Å². The fourth-order valence-corrected chi connectivity index (χ4v) is 4.00. The van der Waals surface area contributed by atoms with E-state index in [1.165, 1.54) is 0 Å². The largest absolute Gasteiger partial charge is 0.439 e. The third-order valence-electron chi connectivity index (χ3n) is 4.05. The van der Waals surface area contributed by atoms with E-state index in [9.17, 15) is 9.59 Å². The quantitative estimate of drug-likeness (QED) is 0.760. The molecular formula is C16H20N4O3S. The molecule has 0 radical (unpaired) electrons. The van der Waals surface area contributed by atoms with E-state index in [0.717, 1.165) is 41.2 Å². The lowest BCUT2D eigenvalue weighted by molar-refractivity contribution is -0.120. The zero-order chi connectivity index (χ0) is 16.9. The van der Waals surface area contributed by atoms with Crippen molar-refractivity contribution in [2.45, 2.75) is 18.9 Å². The van der Waals surface area contributed by atoms with Crippen LogP contribution < -0.4 is 16.4 Å². The highest BCUT2D eigenvalue weighted by Crippen LogP contribution is 2.34. The Morgan fingerprint density at radius 2 is 2.12 bits per heavy atom. The summed E-state index contributed by atoms with van der Waals surface area (Å²) in [6.45, 7) is 1.39. The molecule has 0 aliphatic carbocycles. The lowest BCUT2D eigenvalue weighted by Gasteiger charge is -2.29. The first-order valence-electron chi connectivity index (χ1n) is 7.91. The monoisotopic (exact) mass is 348 g/mol. The minimum Gasteiger partial charge on any atom is -0.439 e. The third kappa shape index (κ3) is 4.01. The summed E-state index contributed by atoms with van der Waals surface area (Å²) in [5.41, 5.74) is 5.93. The Morgan fingerprint density at radius 3 is 2.83 bits per heavy atom. The smallest absolute Gasteiger partial charge is 0.408 e. The summed E-state index contributed by atoms with van der Waals surface area (Å²) in [5, 5.41) is 7.05. The lowest BCUT2D eigenvalue weighted by atomic mass is 9.90. The summed E-state index contributed by atoms with van der Waals surface area (Å²) in [5.74, 6) is -0.406. The van der Waals surface area contributed by atoms with Crippen LogP contribution in [-0.4, -0.2) is 36.7 Å². The van der Waals surface area contributed by atoms with E-state index in [1.807, 2.05) is 24.3 Å². The summed E-state index contributed by atoms with van der Waals surface area (Å²) in [4.78, 5) is 27.5. The molecule has 7 nitrogen and oxygen atoms in total. The molecule has 128 valence electrons. The Kier molecular flexibility index (Phi) is 5.27.